The van der Waals surface area contributed by atoms with Crippen LogP contribution in [0, 0.1) is 20.8 Å². The van der Waals surface area contributed by atoms with Crippen molar-refractivity contribution in [3.63, 3.8) is 0 Å². The van der Waals surface area contributed by atoms with Crippen molar-refractivity contribution < 1.29 is 0 Å². The summed E-state index contributed by atoms with van der Waals surface area (Å²) in [5.41, 5.74) is 8.40. The van der Waals surface area contributed by atoms with Gasteiger partial charge in [-0.2, -0.15) is 0 Å². The minimum atomic E-state index is 0.868. The van der Waals surface area contributed by atoms with Gasteiger partial charge in [0.2, 0.25) is 0 Å². The third-order valence-corrected chi connectivity index (χ3v) is 4.13. The van der Waals surface area contributed by atoms with Crippen LogP contribution in [0.3, 0.4) is 0 Å². The highest BCUT2D eigenvalue weighted by Gasteiger charge is 2.15. The smallest absolute Gasteiger partial charge is 0.137 e. The largest absolute Gasteiger partial charge is 0.304 e. The molecular weight excluding hydrogens is 270 g/mol. The molecule has 0 N–H and O–H groups in total. The average molecular weight is 293 g/mol. The van der Waals surface area contributed by atoms with Gasteiger partial charge in [0.1, 0.15) is 5.65 Å². The summed E-state index contributed by atoms with van der Waals surface area (Å²) in [6.07, 6.45) is 2.13. The predicted octanol–water partition coefficient (Wildman–Crippen LogP) is 3.99. The van der Waals surface area contributed by atoms with Crippen molar-refractivity contribution in [2.45, 2.75) is 27.3 Å². The lowest BCUT2D eigenvalue weighted by Gasteiger charge is -2.12. The summed E-state index contributed by atoms with van der Waals surface area (Å²) >= 11 is 0. The molecular formula is C19H23N3. The number of hydrogen-bond acceptors (Lipinski definition) is 2. The van der Waals surface area contributed by atoms with Gasteiger partial charge in [0.25, 0.3) is 0 Å². The van der Waals surface area contributed by atoms with Gasteiger partial charge < -0.3 is 9.30 Å². The standard InChI is InChI=1S/C19H23N3/c1-13-8-9-22-17(12-21(4)5)19(20-18(22)10-13)16-7-6-14(2)15(3)11-16/h6-11H,12H2,1-5H3. The summed E-state index contributed by atoms with van der Waals surface area (Å²) < 4.78 is 2.21. The van der Waals surface area contributed by atoms with Gasteiger partial charge in [-0.05, 0) is 69.8 Å². The minimum absolute atomic E-state index is 0.868. The van der Waals surface area contributed by atoms with Gasteiger partial charge in [-0.1, -0.05) is 12.1 Å². The van der Waals surface area contributed by atoms with Crippen molar-refractivity contribution >= 4 is 5.65 Å². The van der Waals surface area contributed by atoms with Gasteiger partial charge in [-0.15, -0.1) is 0 Å². The van der Waals surface area contributed by atoms with Gasteiger partial charge in [0.05, 0.1) is 11.4 Å². The van der Waals surface area contributed by atoms with Crippen LogP contribution in [-0.2, 0) is 6.54 Å². The fourth-order valence-electron chi connectivity index (χ4n) is 2.77. The summed E-state index contributed by atoms with van der Waals surface area (Å²) in [5, 5.41) is 0. The number of hydrogen-bond donors (Lipinski definition) is 0. The van der Waals surface area contributed by atoms with Crippen LogP contribution in [-0.4, -0.2) is 28.4 Å². The third kappa shape index (κ3) is 2.64. The molecule has 114 valence electrons. The molecule has 0 saturated carbocycles. The molecule has 3 rings (SSSR count). The van der Waals surface area contributed by atoms with Gasteiger partial charge in [-0.25, -0.2) is 4.98 Å². The molecule has 3 aromatic rings. The Hall–Kier alpha value is -2.13. The number of nitrogens with zero attached hydrogens (tertiary/aromatic N) is 3. The summed E-state index contributed by atoms with van der Waals surface area (Å²) in [6, 6.07) is 10.9. The second-order valence-electron chi connectivity index (χ2n) is 6.38. The summed E-state index contributed by atoms with van der Waals surface area (Å²) in [7, 11) is 4.19. The average Bonchev–Trinajstić information content (AvgIpc) is 2.79. The van der Waals surface area contributed by atoms with Crippen LogP contribution in [0.5, 0.6) is 0 Å². The molecule has 1 aromatic carbocycles. The Morgan fingerprint density at radius 3 is 2.45 bits per heavy atom. The van der Waals surface area contributed by atoms with Crippen LogP contribution < -0.4 is 0 Å². The van der Waals surface area contributed by atoms with Crippen molar-refractivity contribution in [1.82, 2.24) is 14.3 Å². The molecule has 0 spiro atoms. The second kappa shape index (κ2) is 5.58. The van der Waals surface area contributed by atoms with E-state index in [-0.39, 0.29) is 0 Å². The minimum Gasteiger partial charge on any atom is -0.304 e. The van der Waals surface area contributed by atoms with Crippen molar-refractivity contribution in [3.05, 3.63) is 58.9 Å². The lowest BCUT2D eigenvalue weighted by Crippen LogP contribution is -2.13. The van der Waals surface area contributed by atoms with Crippen molar-refractivity contribution in [3.8, 4) is 11.3 Å². The third-order valence-electron chi connectivity index (χ3n) is 4.13. The SMILES string of the molecule is Cc1ccn2c(CN(C)C)c(-c3ccc(C)c(C)c3)nc2c1. The van der Waals surface area contributed by atoms with E-state index in [1.807, 2.05) is 0 Å². The van der Waals surface area contributed by atoms with Gasteiger partial charge >= 0.3 is 0 Å². The first-order valence-corrected chi connectivity index (χ1v) is 7.65. The fraction of sp³-hybridized carbons (Fsp3) is 0.316. The molecule has 0 aliphatic rings. The molecule has 2 aromatic heterocycles. The van der Waals surface area contributed by atoms with E-state index in [1.54, 1.807) is 0 Å². The fourth-order valence-corrected chi connectivity index (χ4v) is 2.77. The van der Waals surface area contributed by atoms with Gasteiger partial charge in [0.15, 0.2) is 0 Å². The lowest BCUT2D eigenvalue weighted by molar-refractivity contribution is 0.396. The maximum absolute atomic E-state index is 4.90. The Kier molecular flexibility index (Phi) is 3.75. The van der Waals surface area contributed by atoms with Gasteiger partial charge in [0, 0.05) is 18.3 Å². The Labute approximate surface area is 132 Å². The lowest BCUT2D eigenvalue weighted by atomic mass is 10.0. The van der Waals surface area contributed by atoms with Crippen LogP contribution in [0.2, 0.25) is 0 Å². The maximum atomic E-state index is 4.90. The van der Waals surface area contributed by atoms with Crippen LogP contribution in [0.4, 0.5) is 0 Å². The normalized spacial score (nSPS) is 11.5. The molecule has 0 fully saturated rings. The van der Waals surface area contributed by atoms with E-state index >= 15 is 0 Å². The molecule has 0 aliphatic carbocycles. The summed E-state index contributed by atoms with van der Waals surface area (Å²) in [6.45, 7) is 7.28. The first kappa shape index (κ1) is 14.8. The van der Waals surface area contributed by atoms with Crippen LogP contribution in [0.1, 0.15) is 22.4 Å². The summed E-state index contributed by atoms with van der Waals surface area (Å²) in [5.74, 6) is 0. The van der Waals surface area contributed by atoms with Crippen LogP contribution in [0.25, 0.3) is 16.9 Å². The molecule has 3 nitrogen and oxygen atoms in total. The Balaban J connectivity index is 2.24. The monoisotopic (exact) mass is 293 g/mol. The van der Waals surface area contributed by atoms with E-state index in [2.05, 4.69) is 80.7 Å². The number of fused-ring (bicyclic) bond motifs is 1. The van der Waals surface area contributed by atoms with E-state index in [0.717, 1.165) is 17.9 Å². The van der Waals surface area contributed by atoms with Crippen LogP contribution in [0.15, 0.2) is 36.5 Å². The Morgan fingerprint density at radius 1 is 1.00 bits per heavy atom. The number of aryl methyl sites for hydroxylation is 3. The number of aromatic nitrogens is 2. The molecule has 2 heterocycles. The Morgan fingerprint density at radius 2 is 1.77 bits per heavy atom. The number of imidazole rings is 1. The highest BCUT2D eigenvalue weighted by Crippen LogP contribution is 2.27. The first-order chi connectivity index (χ1) is 10.5. The molecule has 0 unspecified atom stereocenters. The van der Waals surface area contributed by atoms with E-state index < -0.39 is 0 Å². The van der Waals surface area contributed by atoms with Crippen molar-refractivity contribution in [2.75, 3.05) is 14.1 Å². The summed E-state index contributed by atoms with van der Waals surface area (Å²) in [4.78, 5) is 7.09. The topological polar surface area (TPSA) is 20.5 Å². The van der Waals surface area contributed by atoms with Gasteiger partial charge in [-0.3, -0.25) is 0 Å². The molecule has 0 bridgehead atoms. The Bertz CT molecular complexity index is 828. The molecule has 0 radical (unpaired) electrons. The van der Waals surface area contributed by atoms with E-state index in [9.17, 15) is 0 Å². The molecule has 3 heteroatoms. The molecule has 22 heavy (non-hydrogen) atoms. The molecule has 0 amide bonds. The number of pyridine rings is 1. The zero-order valence-corrected chi connectivity index (χ0v) is 14.0. The highest BCUT2D eigenvalue weighted by atomic mass is 15.1. The van der Waals surface area contributed by atoms with E-state index in [0.29, 0.717) is 0 Å². The first-order valence-electron chi connectivity index (χ1n) is 7.65. The zero-order chi connectivity index (χ0) is 15.9. The van der Waals surface area contributed by atoms with Crippen molar-refractivity contribution in [2.24, 2.45) is 0 Å². The quantitative estimate of drug-likeness (QED) is 0.728. The molecule has 0 aliphatic heterocycles. The number of rotatable bonds is 3. The second-order valence-corrected chi connectivity index (χ2v) is 6.38. The maximum Gasteiger partial charge on any atom is 0.137 e. The number of benzene rings is 1. The predicted molar refractivity (Wildman–Crippen MR) is 92.2 cm³/mol. The molecule has 0 atom stereocenters. The molecule has 0 saturated heterocycles. The van der Waals surface area contributed by atoms with E-state index in [1.165, 1.54) is 27.9 Å². The van der Waals surface area contributed by atoms with Crippen LogP contribution >= 0.6 is 0 Å². The highest BCUT2D eigenvalue weighted by molar-refractivity contribution is 5.68. The zero-order valence-electron chi connectivity index (χ0n) is 14.0. The van der Waals surface area contributed by atoms with E-state index in [4.69, 9.17) is 4.98 Å². The van der Waals surface area contributed by atoms with Crippen molar-refractivity contribution in [1.29, 1.82) is 0 Å².